The van der Waals surface area contributed by atoms with Gasteiger partial charge in [-0.1, -0.05) is 121 Å². The van der Waals surface area contributed by atoms with Gasteiger partial charge in [0.15, 0.2) is 0 Å². The summed E-state index contributed by atoms with van der Waals surface area (Å²) in [6.45, 7) is 0. The van der Waals surface area contributed by atoms with Gasteiger partial charge >= 0.3 is 0 Å². The molecule has 0 amide bonds. The summed E-state index contributed by atoms with van der Waals surface area (Å²) in [5.74, 6) is -0.347. The molecule has 0 aromatic heterocycles. The van der Waals surface area contributed by atoms with Crippen molar-refractivity contribution in [1.29, 1.82) is 0 Å². The molecule has 4 unspecified atom stereocenters. The lowest BCUT2D eigenvalue weighted by Gasteiger charge is -2.52. The van der Waals surface area contributed by atoms with Crippen LogP contribution >= 0.6 is 0 Å². The number of carbonyl (C=O) groups is 1. The summed E-state index contributed by atoms with van der Waals surface area (Å²) in [5, 5.41) is 3.92. The maximum absolute atomic E-state index is 14.4. The van der Waals surface area contributed by atoms with Crippen LogP contribution in [0.4, 0.5) is 0 Å². The first kappa shape index (κ1) is 21.0. The number of piperidine rings is 1. The maximum Gasteiger partial charge on any atom is 0.148 e. The van der Waals surface area contributed by atoms with E-state index in [0.29, 0.717) is 0 Å². The normalized spacial score (nSPS) is 28.4. The number of nitrogens with one attached hydrogen (secondary N) is 1. The second kappa shape index (κ2) is 9.02. The van der Waals surface area contributed by atoms with Crippen molar-refractivity contribution < 1.29 is 9.53 Å². The third-order valence-corrected chi connectivity index (χ3v) is 7.25. The lowest BCUT2D eigenvalue weighted by Crippen LogP contribution is -2.56. The molecule has 4 aromatic carbocycles. The van der Waals surface area contributed by atoms with E-state index in [1.54, 1.807) is 0 Å². The minimum atomic E-state index is -0.329. The third-order valence-electron chi connectivity index (χ3n) is 7.25. The highest BCUT2D eigenvalue weighted by atomic mass is 16.5. The molecule has 168 valence electrons. The average molecular weight is 446 g/mol. The molecule has 3 nitrogen and oxygen atoms in total. The van der Waals surface area contributed by atoms with Crippen LogP contribution in [0.25, 0.3) is 0 Å². The Kier molecular flexibility index (Phi) is 5.58. The molecule has 4 aromatic rings. The van der Waals surface area contributed by atoms with Gasteiger partial charge in [-0.3, -0.25) is 4.79 Å². The van der Waals surface area contributed by atoms with Gasteiger partial charge in [0, 0.05) is 12.1 Å². The summed E-state index contributed by atoms with van der Waals surface area (Å²) in [6.07, 6.45) is -0.658. The molecular formula is C31H27NO2. The van der Waals surface area contributed by atoms with Crippen LogP contribution in [0.5, 0.6) is 0 Å². The summed E-state index contributed by atoms with van der Waals surface area (Å²) in [4.78, 5) is 14.4. The number of Topliss-reactive ketones (excluding diaryl/α,β-unsaturated/α-hetero) is 1. The number of hydrogen-bond acceptors (Lipinski definition) is 3. The SMILES string of the molecule is O=C1C2C(c3ccccc3)NC(c3ccccc3)C1[C@H](c1ccccc1)O[C@@H]2c1ccccc1. The highest BCUT2D eigenvalue weighted by Gasteiger charge is 2.56. The van der Waals surface area contributed by atoms with Gasteiger partial charge in [0.25, 0.3) is 0 Å². The van der Waals surface area contributed by atoms with Crippen LogP contribution < -0.4 is 5.32 Å². The Morgan fingerprint density at radius 3 is 1.15 bits per heavy atom. The van der Waals surface area contributed by atoms with Crippen LogP contribution in [0.2, 0.25) is 0 Å². The number of fused-ring (bicyclic) bond motifs is 2. The predicted molar refractivity (Wildman–Crippen MR) is 133 cm³/mol. The van der Waals surface area contributed by atoms with Gasteiger partial charge in [-0.2, -0.15) is 0 Å². The van der Waals surface area contributed by atoms with Crippen LogP contribution in [-0.4, -0.2) is 5.78 Å². The van der Waals surface area contributed by atoms with E-state index in [1.165, 1.54) is 0 Å². The molecule has 2 fully saturated rings. The zero-order valence-electron chi connectivity index (χ0n) is 18.8. The Bertz CT molecular complexity index is 1050. The Morgan fingerprint density at radius 2 is 0.794 bits per heavy atom. The van der Waals surface area contributed by atoms with Crippen LogP contribution in [0.3, 0.4) is 0 Å². The summed E-state index contributed by atoms with van der Waals surface area (Å²) < 4.78 is 6.94. The molecule has 6 atom stereocenters. The number of hydrogen-bond donors (Lipinski definition) is 1. The third kappa shape index (κ3) is 3.67. The van der Waals surface area contributed by atoms with Crippen LogP contribution in [0.15, 0.2) is 121 Å². The molecule has 3 heteroatoms. The smallest absolute Gasteiger partial charge is 0.148 e. The van der Waals surface area contributed by atoms with Crippen LogP contribution in [0.1, 0.15) is 46.5 Å². The Morgan fingerprint density at radius 1 is 0.471 bits per heavy atom. The van der Waals surface area contributed by atoms with E-state index < -0.39 is 0 Å². The van der Waals surface area contributed by atoms with Crippen molar-refractivity contribution in [2.24, 2.45) is 11.8 Å². The zero-order valence-corrected chi connectivity index (χ0v) is 18.8. The number of rotatable bonds is 4. The van der Waals surface area contributed by atoms with E-state index >= 15 is 0 Å². The fraction of sp³-hybridized carbons (Fsp3) is 0.194. The van der Waals surface area contributed by atoms with Crippen molar-refractivity contribution in [3.05, 3.63) is 144 Å². The molecule has 0 aliphatic carbocycles. The first-order chi connectivity index (χ1) is 16.8. The highest BCUT2D eigenvalue weighted by Crippen LogP contribution is 2.55. The van der Waals surface area contributed by atoms with Gasteiger partial charge in [0.05, 0.1) is 24.0 Å². The summed E-state index contributed by atoms with van der Waals surface area (Å²) in [5.41, 5.74) is 4.31. The van der Waals surface area contributed by atoms with Crippen molar-refractivity contribution in [1.82, 2.24) is 5.32 Å². The predicted octanol–water partition coefficient (Wildman–Crippen LogP) is 6.39. The van der Waals surface area contributed by atoms with Gasteiger partial charge in [-0.05, 0) is 22.3 Å². The van der Waals surface area contributed by atoms with E-state index in [0.717, 1.165) is 22.3 Å². The van der Waals surface area contributed by atoms with Crippen LogP contribution in [-0.2, 0) is 9.53 Å². The van der Waals surface area contributed by atoms with Crippen molar-refractivity contribution in [3.8, 4) is 0 Å². The fourth-order valence-electron chi connectivity index (χ4n) is 5.71. The molecule has 0 saturated carbocycles. The topological polar surface area (TPSA) is 38.3 Å². The number of benzene rings is 4. The van der Waals surface area contributed by atoms with E-state index in [9.17, 15) is 4.79 Å². The molecule has 6 rings (SSSR count). The quantitative estimate of drug-likeness (QED) is 0.396. The van der Waals surface area contributed by atoms with E-state index in [4.69, 9.17) is 4.74 Å². The van der Waals surface area contributed by atoms with Crippen LogP contribution in [0, 0.1) is 11.8 Å². The van der Waals surface area contributed by atoms with E-state index in [2.05, 4.69) is 53.8 Å². The number of ketones is 1. The minimum absolute atomic E-state index is 0.142. The van der Waals surface area contributed by atoms with E-state index in [-0.39, 0.29) is 41.9 Å². The van der Waals surface area contributed by atoms with E-state index in [1.807, 2.05) is 72.8 Å². The lowest BCUT2D eigenvalue weighted by atomic mass is 9.66. The molecule has 2 heterocycles. The summed E-state index contributed by atoms with van der Waals surface area (Å²) in [7, 11) is 0. The first-order valence-electron chi connectivity index (χ1n) is 12.0. The standard InChI is InChI=1S/C31H27NO2/c33-29-25-27(21-13-5-1-6-14-21)32-28(22-15-7-2-8-16-22)26(29)31(24-19-11-4-12-20-24)34-30(25)23-17-9-3-10-18-23/h1-20,25-28,30-32H/t25?,26?,27?,28?,30-,31+. The van der Waals surface area contributed by atoms with Crippen molar-refractivity contribution in [2.75, 3.05) is 0 Å². The molecule has 2 aliphatic heterocycles. The second-order valence-electron chi connectivity index (χ2n) is 9.20. The number of carbonyl (C=O) groups excluding carboxylic acids is 1. The van der Waals surface area contributed by atoms with Crippen molar-refractivity contribution >= 4 is 5.78 Å². The average Bonchev–Trinajstić information content (AvgIpc) is 2.91. The first-order valence-corrected chi connectivity index (χ1v) is 12.0. The molecule has 34 heavy (non-hydrogen) atoms. The Balaban J connectivity index is 1.52. The monoisotopic (exact) mass is 445 g/mol. The van der Waals surface area contributed by atoms with Gasteiger partial charge in [0.2, 0.25) is 0 Å². The van der Waals surface area contributed by atoms with Gasteiger partial charge in [-0.25, -0.2) is 0 Å². The summed E-state index contributed by atoms with van der Waals surface area (Å²) in [6, 6.07) is 40.7. The van der Waals surface area contributed by atoms with Gasteiger partial charge in [-0.15, -0.1) is 0 Å². The molecule has 0 radical (unpaired) electrons. The highest BCUT2D eigenvalue weighted by molar-refractivity contribution is 5.88. The minimum Gasteiger partial charge on any atom is -0.364 e. The van der Waals surface area contributed by atoms with Gasteiger partial charge in [0.1, 0.15) is 5.78 Å². The number of ether oxygens (including phenoxy) is 1. The molecule has 2 aliphatic rings. The molecule has 2 saturated heterocycles. The maximum atomic E-state index is 14.4. The zero-order chi connectivity index (χ0) is 22.9. The second-order valence-corrected chi connectivity index (χ2v) is 9.20. The van der Waals surface area contributed by atoms with Crippen molar-refractivity contribution in [3.63, 3.8) is 0 Å². The summed E-state index contributed by atoms with van der Waals surface area (Å²) >= 11 is 0. The molecule has 1 N–H and O–H groups in total. The lowest BCUT2D eigenvalue weighted by molar-refractivity contribution is -0.177. The van der Waals surface area contributed by atoms with Gasteiger partial charge < -0.3 is 10.1 Å². The Labute approximate surface area is 200 Å². The Hall–Kier alpha value is -3.53. The molecule has 0 spiro atoms. The van der Waals surface area contributed by atoms with Crippen molar-refractivity contribution in [2.45, 2.75) is 24.3 Å². The largest absolute Gasteiger partial charge is 0.364 e. The molecule has 2 bridgehead atoms. The fourth-order valence-corrected chi connectivity index (χ4v) is 5.71. The molecular weight excluding hydrogens is 418 g/mol.